The summed E-state index contributed by atoms with van der Waals surface area (Å²) in [5.41, 5.74) is 2.53. The third-order valence-electron chi connectivity index (χ3n) is 11.0. The Labute approximate surface area is 185 Å². The van der Waals surface area contributed by atoms with Gasteiger partial charge in [0.25, 0.3) is 0 Å². The summed E-state index contributed by atoms with van der Waals surface area (Å²) in [6.07, 6.45) is 17.9. The van der Waals surface area contributed by atoms with Gasteiger partial charge in [-0.1, -0.05) is 58.6 Å². The second-order valence-electron chi connectivity index (χ2n) is 12.2. The first-order chi connectivity index (χ1) is 14.3. The van der Waals surface area contributed by atoms with Gasteiger partial charge in [0, 0.05) is 6.61 Å². The predicted octanol–water partition coefficient (Wildman–Crippen LogP) is 6.75. The predicted molar refractivity (Wildman–Crippen MR) is 125 cm³/mol. The van der Waals surface area contributed by atoms with Crippen LogP contribution in [0, 0.1) is 46.3 Å². The molecule has 172 valence electrons. The van der Waals surface area contributed by atoms with E-state index >= 15 is 0 Å². The lowest BCUT2D eigenvalue weighted by Gasteiger charge is -2.58. The molecule has 4 aliphatic rings. The van der Waals surface area contributed by atoms with E-state index in [0.717, 1.165) is 36.5 Å². The van der Waals surface area contributed by atoms with E-state index in [0.29, 0.717) is 29.3 Å². The van der Waals surface area contributed by atoms with Crippen LogP contribution in [0.2, 0.25) is 0 Å². The molecular weight excluding hydrogens is 368 g/mol. The smallest absolute Gasteiger partial charge is 0.0577 e. The van der Waals surface area contributed by atoms with E-state index < -0.39 is 0 Å². The van der Waals surface area contributed by atoms with Crippen molar-refractivity contribution in [2.24, 2.45) is 46.3 Å². The molecule has 0 aromatic heterocycles. The fourth-order valence-corrected chi connectivity index (χ4v) is 8.89. The molecule has 30 heavy (non-hydrogen) atoms. The van der Waals surface area contributed by atoms with Crippen molar-refractivity contribution < 1.29 is 10.2 Å². The monoisotopic (exact) mass is 416 g/mol. The largest absolute Gasteiger partial charge is 0.396 e. The van der Waals surface area contributed by atoms with Crippen molar-refractivity contribution in [3.8, 4) is 0 Å². The zero-order valence-electron chi connectivity index (χ0n) is 20.2. The highest BCUT2D eigenvalue weighted by Gasteiger charge is 2.58. The summed E-state index contributed by atoms with van der Waals surface area (Å²) in [5, 5.41) is 19.8. The summed E-state index contributed by atoms with van der Waals surface area (Å²) in [6.45, 7) is 10.1. The molecule has 0 aromatic rings. The number of hydrogen-bond acceptors (Lipinski definition) is 2. The van der Waals surface area contributed by atoms with Gasteiger partial charge in [0.2, 0.25) is 0 Å². The maximum Gasteiger partial charge on any atom is 0.0577 e. The number of fused-ring (bicyclic) bond motifs is 5. The number of aliphatic hydroxyl groups excluding tert-OH is 2. The molecule has 0 saturated heterocycles. The van der Waals surface area contributed by atoms with Gasteiger partial charge in [0.15, 0.2) is 0 Å². The lowest BCUT2D eigenvalue weighted by molar-refractivity contribution is -0.0510. The lowest BCUT2D eigenvalue weighted by Crippen LogP contribution is -2.50. The van der Waals surface area contributed by atoms with Crippen LogP contribution in [0.3, 0.4) is 0 Å². The van der Waals surface area contributed by atoms with Crippen molar-refractivity contribution in [3.63, 3.8) is 0 Å². The van der Waals surface area contributed by atoms with Crippen LogP contribution in [-0.2, 0) is 0 Å². The van der Waals surface area contributed by atoms with E-state index in [-0.39, 0.29) is 6.10 Å². The van der Waals surface area contributed by atoms with Crippen molar-refractivity contribution in [1.29, 1.82) is 0 Å². The Morgan fingerprint density at radius 3 is 2.63 bits per heavy atom. The molecular formula is C28H48O2. The number of allylic oxidation sites excluding steroid dienone is 1. The van der Waals surface area contributed by atoms with Gasteiger partial charge in [-0.05, 0) is 104 Å². The molecule has 4 aliphatic carbocycles. The van der Waals surface area contributed by atoms with Gasteiger partial charge >= 0.3 is 0 Å². The summed E-state index contributed by atoms with van der Waals surface area (Å²) in [6, 6.07) is 0. The number of hydrogen-bond donors (Lipinski definition) is 2. The van der Waals surface area contributed by atoms with E-state index in [2.05, 4.69) is 33.8 Å². The third-order valence-corrected chi connectivity index (χ3v) is 11.0. The van der Waals surface area contributed by atoms with Gasteiger partial charge in [-0.15, -0.1) is 0 Å². The summed E-state index contributed by atoms with van der Waals surface area (Å²) in [7, 11) is 0. The maximum atomic E-state index is 10.2. The van der Waals surface area contributed by atoms with Gasteiger partial charge < -0.3 is 10.2 Å². The molecule has 3 saturated carbocycles. The normalized spacial score (nSPS) is 45.1. The zero-order chi connectivity index (χ0) is 21.5. The van der Waals surface area contributed by atoms with Crippen LogP contribution >= 0.6 is 0 Å². The zero-order valence-corrected chi connectivity index (χ0v) is 20.2. The van der Waals surface area contributed by atoms with Crippen LogP contribution in [0.4, 0.5) is 0 Å². The molecule has 0 aromatic carbocycles. The molecule has 0 bridgehead atoms. The van der Waals surface area contributed by atoms with Gasteiger partial charge in [-0.2, -0.15) is 0 Å². The second-order valence-corrected chi connectivity index (χ2v) is 12.2. The van der Waals surface area contributed by atoms with Crippen LogP contribution in [0.1, 0.15) is 105 Å². The van der Waals surface area contributed by atoms with Crippen LogP contribution < -0.4 is 0 Å². The molecule has 0 spiro atoms. The highest BCUT2D eigenvalue weighted by Crippen LogP contribution is 2.66. The van der Waals surface area contributed by atoms with E-state index in [1.165, 1.54) is 64.2 Å². The number of rotatable bonds is 7. The molecule has 3 unspecified atom stereocenters. The van der Waals surface area contributed by atoms with Crippen LogP contribution in [0.15, 0.2) is 11.6 Å². The third kappa shape index (κ3) is 3.83. The first kappa shape index (κ1) is 22.8. The molecule has 3 fully saturated rings. The standard InChI is InChI=1S/C28H48O2/c1-5-20(19(2)18-29)7-6-8-21-10-12-25-24-11-9-22-17-23(30)13-15-28(22,4)26(24)14-16-27(21,25)3/h9,19-21,23-26,29-30H,5-8,10-18H2,1-4H3/t19-,20+,21+,23+,24?,25?,26?,27-,28+/m1/s1. The molecule has 2 heteroatoms. The summed E-state index contributed by atoms with van der Waals surface area (Å²) >= 11 is 0. The molecule has 0 radical (unpaired) electrons. The topological polar surface area (TPSA) is 40.5 Å². The van der Waals surface area contributed by atoms with Crippen molar-refractivity contribution in [1.82, 2.24) is 0 Å². The molecule has 2 nitrogen and oxygen atoms in total. The van der Waals surface area contributed by atoms with Gasteiger partial charge in [-0.3, -0.25) is 0 Å². The van der Waals surface area contributed by atoms with Crippen LogP contribution in [-0.4, -0.2) is 22.9 Å². The molecule has 0 heterocycles. The first-order valence-electron chi connectivity index (χ1n) is 13.3. The highest BCUT2D eigenvalue weighted by molar-refractivity contribution is 5.25. The SMILES string of the molecule is CC[C@@H](CCC[C@H]1CCC2C3CC=C4C[C@@H](O)CC[C@]4(C)C3CC[C@@]21C)[C@H](C)CO. The fraction of sp³-hybridized carbons (Fsp3) is 0.929. The summed E-state index contributed by atoms with van der Waals surface area (Å²) in [4.78, 5) is 0. The summed E-state index contributed by atoms with van der Waals surface area (Å²) < 4.78 is 0. The Hall–Kier alpha value is -0.340. The van der Waals surface area contributed by atoms with E-state index in [1.807, 2.05) is 0 Å². The molecule has 2 N–H and O–H groups in total. The fourth-order valence-electron chi connectivity index (χ4n) is 8.89. The summed E-state index contributed by atoms with van der Waals surface area (Å²) in [5.74, 6) is 4.72. The van der Waals surface area contributed by atoms with Crippen molar-refractivity contribution >= 4 is 0 Å². The van der Waals surface area contributed by atoms with Crippen LogP contribution in [0.25, 0.3) is 0 Å². The Bertz CT molecular complexity index is 626. The first-order valence-corrected chi connectivity index (χ1v) is 13.3. The second kappa shape index (κ2) is 8.89. The molecule has 4 rings (SSSR count). The van der Waals surface area contributed by atoms with E-state index in [4.69, 9.17) is 0 Å². The molecule has 0 amide bonds. The maximum absolute atomic E-state index is 10.2. The Morgan fingerprint density at radius 1 is 1.10 bits per heavy atom. The van der Waals surface area contributed by atoms with Crippen molar-refractivity contribution in [2.45, 2.75) is 111 Å². The minimum atomic E-state index is -0.0916. The van der Waals surface area contributed by atoms with E-state index in [9.17, 15) is 10.2 Å². The average molecular weight is 417 g/mol. The quantitative estimate of drug-likeness (QED) is 0.451. The van der Waals surface area contributed by atoms with Gasteiger partial charge in [0.1, 0.15) is 0 Å². The van der Waals surface area contributed by atoms with Gasteiger partial charge in [0.05, 0.1) is 6.10 Å². The highest BCUT2D eigenvalue weighted by atomic mass is 16.3. The Balaban J connectivity index is 1.41. The number of aliphatic hydroxyl groups is 2. The van der Waals surface area contributed by atoms with Crippen molar-refractivity contribution in [3.05, 3.63) is 11.6 Å². The minimum Gasteiger partial charge on any atom is -0.396 e. The Kier molecular flexibility index (Phi) is 6.77. The lowest BCUT2D eigenvalue weighted by atomic mass is 9.47. The molecule has 0 aliphatic heterocycles. The van der Waals surface area contributed by atoms with Gasteiger partial charge in [-0.25, -0.2) is 0 Å². The van der Waals surface area contributed by atoms with Crippen molar-refractivity contribution in [2.75, 3.05) is 6.61 Å². The Morgan fingerprint density at radius 2 is 1.90 bits per heavy atom. The average Bonchev–Trinajstić information content (AvgIpc) is 3.07. The van der Waals surface area contributed by atoms with Crippen LogP contribution in [0.5, 0.6) is 0 Å². The molecule has 9 atom stereocenters. The minimum absolute atomic E-state index is 0.0916. The van der Waals surface area contributed by atoms with E-state index in [1.54, 1.807) is 5.57 Å².